The number of anilines is 2. The topological polar surface area (TPSA) is 49.9 Å². The zero-order chi connectivity index (χ0) is 20.8. The van der Waals surface area contributed by atoms with E-state index in [2.05, 4.69) is 0 Å². The van der Waals surface area contributed by atoms with Crippen LogP contribution in [0, 0.1) is 17.6 Å². The summed E-state index contributed by atoms with van der Waals surface area (Å²) in [4.78, 5) is 33.3. The lowest BCUT2D eigenvalue weighted by Gasteiger charge is -2.29. The van der Waals surface area contributed by atoms with Crippen molar-refractivity contribution in [2.24, 2.45) is 5.92 Å². The summed E-state index contributed by atoms with van der Waals surface area (Å²) in [6.45, 7) is 0. The van der Waals surface area contributed by atoms with Crippen LogP contribution in [-0.2, 0) is 14.4 Å². The number of carbonyl (C=O) groups is 2. The molecule has 0 bridgehead atoms. The van der Waals surface area contributed by atoms with E-state index in [1.807, 2.05) is 6.07 Å². The SMILES string of the molecule is O=C1[C@@H]2[C@@H](ON(c3ccccc3)[C@H]2c2ccccc2F)C(=O)N1c1ccc(F)cc1. The molecule has 2 aliphatic rings. The molecule has 3 aromatic rings. The van der Waals surface area contributed by atoms with Crippen molar-refractivity contribution in [3.05, 3.63) is 96.1 Å². The number of halogens is 2. The number of nitrogens with zero attached hydrogens (tertiary/aromatic N) is 2. The van der Waals surface area contributed by atoms with Gasteiger partial charge in [0.15, 0.2) is 6.10 Å². The molecule has 0 unspecified atom stereocenters. The van der Waals surface area contributed by atoms with E-state index in [-0.39, 0.29) is 11.3 Å². The van der Waals surface area contributed by atoms with Crippen LogP contribution in [0.25, 0.3) is 0 Å². The Balaban J connectivity index is 1.60. The molecule has 2 amide bonds. The smallest absolute Gasteiger partial charge is 0.266 e. The van der Waals surface area contributed by atoms with E-state index in [4.69, 9.17) is 4.84 Å². The number of hydroxylamine groups is 1. The highest BCUT2D eigenvalue weighted by Gasteiger charge is 2.60. The Kier molecular flexibility index (Phi) is 4.33. The van der Waals surface area contributed by atoms with Crippen LogP contribution in [0.2, 0.25) is 0 Å². The van der Waals surface area contributed by atoms with E-state index in [9.17, 15) is 18.4 Å². The molecule has 0 radical (unpaired) electrons. The minimum absolute atomic E-state index is 0.253. The third-order valence-electron chi connectivity index (χ3n) is 5.43. The third kappa shape index (κ3) is 2.78. The number of fused-ring (bicyclic) bond motifs is 1. The first-order valence-corrected chi connectivity index (χ1v) is 9.45. The Bertz CT molecular complexity index is 1120. The maximum Gasteiger partial charge on any atom is 0.266 e. The number of imide groups is 1. The van der Waals surface area contributed by atoms with Gasteiger partial charge in [-0.2, -0.15) is 0 Å². The van der Waals surface area contributed by atoms with Gasteiger partial charge in [0.05, 0.1) is 17.4 Å². The molecule has 0 N–H and O–H groups in total. The number of hydrogen-bond acceptors (Lipinski definition) is 4. The average Bonchev–Trinajstić information content (AvgIpc) is 3.26. The van der Waals surface area contributed by atoms with Crippen molar-refractivity contribution >= 4 is 23.2 Å². The van der Waals surface area contributed by atoms with Gasteiger partial charge >= 0.3 is 0 Å². The zero-order valence-electron chi connectivity index (χ0n) is 15.6. The van der Waals surface area contributed by atoms with Gasteiger partial charge in [0, 0.05) is 5.56 Å². The van der Waals surface area contributed by atoms with Crippen LogP contribution in [-0.4, -0.2) is 17.9 Å². The summed E-state index contributed by atoms with van der Waals surface area (Å²) in [6, 6.07) is 19.3. The highest BCUT2D eigenvalue weighted by atomic mass is 19.1. The van der Waals surface area contributed by atoms with Crippen molar-refractivity contribution in [3.8, 4) is 0 Å². The van der Waals surface area contributed by atoms with Crippen LogP contribution >= 0.6 is 0 Å². The Morgan fingerprint density at radius 3 is 2.10 bits per heavy atom. The molecule has 3 aromatic carbocycles. The summed E-state index contributed by atoms with van der Waals surface area (Å²) in [5, 5.41) is 1.44. The minimum atomic E-state index is -1.10. The number of para-hydroxylation sites is 1. The van der Waals surface area contributed by atoms with Crippen LogP contribution in [0.3, 0.4) is 0 Å². The van der Waals surface area contributed by atoms with Crippen LogP contribution in [0.15, 0.2) is 78.9 Å². The number of hydrogen-bond donors (Lipinski definition) is 0. The van der Waals surface area contributed by atoms with Crippen molar-refractivity contribution in [1.82, 2.24) is 0 Å². The van der Waals surface area contributed by atoms with E-state index in [0.717, 1.165) is 4.90 Å². The van der Waals surface area contributed by atoms with Gasteiger partial charge in [-0.3, -0.25) is 14.4 Å². The number of benzene rings is 3. The van der Waals surface area contributed by atoms with E-state index in [1.54, 1.807) is 42.5 Å². The van der Waals surface area contributed by atoms with E-state index >= 15 is 0 Å². The number of amides is 2. The van der Waals surface area contributed by atoms with Crippen molar-refractivity contribution in [3.63, 3.8) is 0 Å². The third-order valence-corrected chi connectivity index (χ3v) is 5.43. The van der Waals surface area contributed by atoms with Gasteiger partial charge in [0.25, 0.3) is 5.91 Å². The van der Waals surface area contributed by atoms with Crippen molar-refractivity contribution in [2.45, 2.75) is 12.1 Å². The molecular weight excluding hydrogens is 390 g/mol. The maximum atomic E-state index is 14.7. The molecule has 2 heterocycles. The fourth-order valence-electron chi connectivity index (χ4n) is 4.09. The minimum Gasteiger partial charge on any atom is -0.273 e. The second-order valence-electron chi connectivity index (χ2n) is 7.17. The van der Waals surface area contributed by atoms with Gasteiger partial charge in [-0.15, -0.1) is 0 Å². The lowest BCUT2D eigenvalue weighted by atomic mass is 9.90. The summed E-state index contributed by atoms with van der Waals surface area (Å²) in [7, 11) is 0. The van der Waals surface area contributed by atoms with Crippen molar-refractivity contribution in [1.29, 1.82) is 0 Å². The number of rotatable bonds is 3. The molecule has 0 saturated carbocycles. The summed E-state index contributed by atoms with van der Waals surface area (Å²) in [6.07, 6.45) is -1.10. The standard InChI is InChI=1S/C23H16F2N2O3/c24-14-10-12-15(13-11-14)26-22(28)19-20(17-8-4-5-9-18(17)25)27(30-21(19)23(26)29)16-6-2-1-3-7-16/h1-13,19-21H/t19-,20-,21+/m0/s1. The Morgan fingerprint density at radius 1 is 0.733 bits per heavy atom. The zero-order valence-corrected chi connectivity index (χ0v) is 15.6. The van der Waals surface area contributed by atoms with Crippen LogP contribution in [0.5, 0.6) is 0 Å². The van der Waals surface area contributed by atoms with E-state index in [0.29, 0.717) is 5.69 Å². The molecule has 2 saturated heterocycles. The molecule has 150 valence electrons. The van der Waals surface area contributed by atoms with E-state index in [1.165, 1.54) is 35.4 Å². The maximum absolute atomic E-state index is 14.7. The lowest BCUT2D eigenvalue weighted by molar-refractivity contribution is -0.126. The summed E-state index contributed by atoms with van der Waals surface area (Å²) in [5.41, 5.74) is 1.12. The van der Waals surface area contributed by atoms with Crippen molar-refractivity contribution in [2.75, 3.05) is 9.96 Å². The molecule has 3 atom stereocenters. The Morgan fingerprint density at radius 2 is 1.40 bits per heavy atom. The second kappa shape index (κ2) is 7.03. The summed E-state index contributed by atoms with van der Waals surface area (Å²) >= 11 is 0. The highest BCUT2D eigenvalue weighted by molar-refractivity contribution is 6.23. The molecule has 2 aliphatic heterocycles. The van der Waals surface area contributed by atoms with Gasteiger partial charge < -0.3 is 0 Å². The van der Waals surface area contributed by atoms with Gasteiger partial charge in [-0.25, -0.2) is 18.7 Å². The van der Waals surface area contributed by atoms with E-state index < -0.39 is 41.5 Å². The van der Waals surface area contributed by atoms with Gasteiger partial charge in [-0.1, -0.05) is 36.4 Å². The number of carbonyl (C=O) groups excluding carboxylic acids is 2. The average molecular weight is 406 g/mol. The van der Waals surface area contributed by atoms with Gasteiger partial charge in [-0.05, 0) is 42.5 Å². The molecule has 0 aliphatic carbocycles. The lowest BCUT2D eigenvalue weighted by Crippen LogP contribution is -2.37. The first-order chi connectivity index (χ1) is 14.6. The fraction of sp³-hybridized carbons (Fsp3) is 0.130. The van der Waals surface area contributed by atoms with Crippen molar-refractivity contribution < 1.29 is 23.2 Å². The first kappa shape index (κ1) is 18.4. The molecule has 2 fully saturated rings. The van der Waals surface area contributed by atoms with Gasteiger partial charge in [0.1, 0.15) is 17.6 Å². The van der Waals surface area contributed by atoms with Crippen LogP contribution in [0.4, 0.5) is 20.2 Å². The molecule has 7 heteroatoms. The second-order valence-corrected chi connectivity index (χ2v) is 7.17. The molecule has 5 rings (SSSR count). The Hall–Kier alpha value is -3.58. The Labute approximate surface area is 171 Å². The quantitative estimate of drug-likeness (QED) is 0.617. The predicted molar refractivity (Wildman–Crippen MR) is 105 cm³/mol. The summed E-state index contributed by atoms with van der Waals surface area (Å²) < 4.78 is 28.0. The largest absolute Gasteiger partial charge is 0.273 e. The first-order valence-electron chi connectivity index (χ1n) is 9.45. The summed E-state index contributed by atoms with van der Waals surface area (Å²) in [5.74, 6) is -2.98. The molecular formula is C23H16F2N2O3. The molecule has 5 nitrogen and oxygen atoms in total. The molecule has 0 aromatic heterocycles. The monoisotopic (exact) mass is 406 g/mol. The fourth-order valence-corrected chi connectivity index (χ4v) is 4.09. The van der Waals surface area contributed by atoms with Crippen LogP contribution in [0.1, 0.15) is 11.6 Å². The normalized spacial score (nSPS) is 23.2. The molecule has 30 heavy (non-hydrogen) atoms. The predicted octanol–water partition coefficient (Wildman–Crippen LogP) is 4.02. The molecule has 0 spiro atoms. The highest BCUT2D eigenvalue weighted by Crippen LogP contribution is 2.48. The van der Waals surface area contributed by atoms with Gasteiger partial charge in [0.2, 0.25) is 5.91 Å². The van der Waals surface area contributed by atoms with Crippen LogP contribution < -0.4 is 9.96 Å².